The fourth-order valence-corrected chi connectivity index (χ4v) is 1.62. The molecule has 2 aromatic rings. The molecule has 90 valence electrons. The molecule has 0 saturated heterocycles. The van der Waals surface area contributed by atoms with Crippen LogP contribution >= 0.6 is 0 Å². The zero-order valence-electron chi connectivity index (χ0n) is 9.58. The second-order valence-electron chi connectivity index (χ2n) is 3.78. The van der Waals surface area contributed by atoms with Crippen molar-refractivity contribution in [1.29, 1.82) is 0 Å². The summed E-state index contributed by atoms with van der Waals surface area (Å²) in [5, 5.41) is 21.0. The predicted octanol–water partition coefficient (Wildman–Crippen LogP) is 0.619. The summed E-state index contributed by atoms with van der Waals surface area (Å²) in [6, 6.07) is 15.3. The Balaban J connectivity index is 2.22. The highest BCUT2D eigenvalue weighted by Gasteiger charge is 2.16. The minimum atomic E-state index is -1.61. The third kappa shape index (κ3) is 2.77. The molecule has 18 heavy (non-hydrogen) atoms. The van der Waals surface area contributed by atoms with E-state index in [9.17, 15) is 14.8 Å². The second kappa shape index (κ2) is 5.49. The monoisotopic (exact) mass is 241 g/mol. The number of amides is 1. The molecule has 0 atom stereocenters. The van der Waals surface area contributed by atoms with Gasteiger partial charge in [0.15, 0.2) is 0 Å². The van der Waals surface area contributed by atoms with Gasteiger partial charge in [0.25, 0.3) is 5.91 Å². The van der Waals surface area contributed by atoms with Gasteiger partial charge >= 0.3 is 7.12 Å². The maximum atomic E-state index is 11.9. The number of rotatable bonds is 3. The first-order chi connectivity index (χ1) is 8.68. The lowest BCUT2D eigenvalue weighted by molar-refractivity contribution is 0.102. The standard InChI is InChI=1S/C13H12BNO3/c16-13(10-6-2-1-3-7-10)15-12-9-5-4-8-11(12)14(17)18/h1-9,17-18H,(H,15,16). The summed E-state index contributed by atoms with van der Waals surface area (Å²) in [5.74, 6) is -0.288. The number of anilines is 1. The van der Waals surface area contributed by atoms with Crippen LogP contribution in [-0.2, 0) is 0 Å². The summed E-state index contributed by atoms with van der Waals surface area (Å²) in [7, 11) is -1.61. The van der Waals surface area contributed by atoms with Gasteiger partial charge in [0.1, 0.15) is 0 Å². The maximum absolute atomic E-state index is 11.9. The Kier molecular flexibility index (Phi) is 3.77. The molecule has 0 bridgehead atoms. The first-order valence-electron chi connectivity index (χ1n) is 5.50. The minimum absolute atomic E-state index is 0.266. The summed E-state index contributed by atoms with van der Waals surface area (Å²) in [6.45, 7) is 0. The predicted molar refractivity (Wildman–Crippen MR) is 70.7 cm³/mol. The first-order valence-corrected chi connectivity index (χ1v) is 5.50. The number of benzene rings is 2. The lowest BCUT2D eigenvalue weighted by Gasteiger charge is -2.10. The molecule has 5 heteroatoms. The van der Waals surface area contributed by atoms with Crippen LogP contribution in [0.25, 0.3) is 0 Å². The van der Waals surface area contributed by atoms with E-state index in [1.54, 1.807) is 48.5 Å². The molecule has 0 aliphatic rings. The highest BCUT2D eigenvalue weighted by Crippen LogP contribution is 2.07. The van der Waals surface area contributed by atoms with Gasteiger partial charge in [0.2, 0.25) is 0 Å². The molecule has 0 unspecified atom stereocenters. The van der Waals surface area contributed by atoms with Gasteiger partial charge in [0, 0.05) is 16.7 Å². The van der Waals surface area contributed by atoms with E-state index in [0.29, 0.717) is 11.3 Å². The fourth-order valence-electron chi connectivity index (χ4n) is 1.62. The molecule has 2 aromatic carbocycles. The summed E-state index contributed by atoms with van der Waals surface area (Å²) in [6.07, 6.45) is 0. The zero-order chi connectivity index (χ0) is 13.0. The average Bonchev–Trinajstić information content (AvgIpc) is 2.40. The third-order valence-corrected chi connectivity index (χ3v) is 2.52. The van der Waals surface area contributed by atoms with E-state index in [0.717, 1.165) is 0 Å². The van der Waals surface area contributed by atoms with E-state index >= 15 is 0 Å². The van der Waals surface area contributed by atoms with Crippen LogP contribution in [-0.4, -0.2) is 23.1 Å². The van der Waals surface area contributed by atoms with Crippen LogP contribution in [0, 0.1) is 0 Å². The molecule has 2 rings (SSSR count). The largest absolute Gasteiger partial charge is 0.490 e. The first kappa shape index (κ1) is 12.4. The van der Waals surface area contributed by atoms with Gasteiger partial charge in [0.05, 0.1) is 0 Å². The molecule has 0 aliphatic carbocycles. The van der Waals surface area contributed by atoms with Crippen LogP contribution in [0.2, 0.25) is 0 Å². The number of para-hydroxylation sites is 1. The Morgan fingerprint density at radius 2 is 1.56 bits per heavy atom. The maximum Gasteiger partial charge on any atom is 0.490 e. The fraction of sp³-hybridized carbons (Fsp3) is 0. The quantitative estimate of drug-likeness (QED) is 0.690. The van der Waals surface area contributed by atoms with Crippen molar-refractivity contribution in [2.75, 3.05) is 5.32 Å². The van der Waals surface area contributed by atoms with Crippen LogP contribution in [0.3, 0.4) is 0 Å². The molecule has 0 spiro atoms. The van der Waals surface area contributed by atoms with Crippen molar-refractivity contribution in [3.05, 3.63) is 60.2 Å². The molecule has 0 saturated carbocycles. The lowest BCUT2D eigenvalue weighted by Crippen LogP contribution is -2.33. The Hall–Kier alpha value is -2.11. The Bertz CT molecular complexity index is 543. The van der Waals surface area contributed by atoms with Crippen LogP contribution in [0.4, 0.5) is 5.69 Å². The number of hydrogen-bond acceptors (Lipinski definition) is 3. The topological polar surface area (TPSA) is 69.6 Å². The van der Waals surface area contributed by atoms with Crippen LogP contribution < -0.4 is 10.8 Å². The van der Waals surface area contributed by atoms with Gasteiger partial charge < -0.3 is 15.4 Å². The highest BCUT2D eigenvalue weighted by molar-refractivity contribution is 6.60. The third-order valence-electron chi connectivity index (χ3n) is 2.52. The summed E-state index contributed by atoms with van der Waals surface area (Å²) < 4.78 is 0. The SMILES string of the molecule is O=C(Nc1ccccc1B(O)O)c1ccccc1. The normalized spacial score (nSPS) is 9.89. The zero-order valence-corrected chi connectivity index (χ0v) is 9.58. The number of carbonyl (C=O) groups is 1. The number of carbonyl (C=O) groups excluding carboxylic acids is 1. The van der Waals surface area contributed by atoms with Crippen molar-refractivity contribution in [1.82, 2.24) is 0 Å². The van der Waals surface area contributed by atoms with Crippen LogP contribution in [0.15, 0.2) is 54.6 Å². The highest BCUT2D eigenvalue weighted by atomic mass is 16.4. The van der Waals surface area contributed by atoms with Crippen molar-refractivity contribution in [3.63, 3.8) is 0 Å². The summed E-state index contributed by atoms with van der Waals surface area (Å²) in [5.41, 5.74) is 1.17. The molecule has 1 amide bonds. The van der Waals surface area contributed by atoms with Gasteiger partial charge in [-0.05, 0) is 18.2 Å². The van der Waals surface area contributed by atoms with E-state index in [1.807, 2.05) is 6.07 Å². The van der Waals surface area contributed by atoms with Gasteiger partial charge in [-0.25, -0.2) is 0 Å². The van der Waals surface area contributed by atoms with E-state index in [4.69, 9.17) is 0 Å². The van der Waals surface area contributed by atoms with Gasteiger partial charge in [-0.3, -0.25) is 4.79 Å². The number of hydrogen-bond donors (Lipinski definition) is 3. The molecular weight excluding hydrogens is 229 g/mol. The van der Waals surface area contributed by atoms with Gasteiger partial charge in [-0.2, -0.15) is 0 Å². The van der Waals surface area contributed by atoms with Crippen LogP contribution in [0.5, 0.6) is 0 Å². The Morgan fingerprint density at radius 3 is 2.22 bits per heavy atom. The minimum Gasteiger partial charge on any atom is -0.423 e. The van der Waals surface area contributed by atoms with Crippen LogP contribution in [0.1, 0.15) is 10.4 Å². The van der Waals surface area contributed by atoms with Crippen molar-refractivity contribution in [3.8, 4) is 0 Å². The molecular formula is C13H12BNO3. The molecule has 0 heterocycles. The van der Waals surface area contributed by atoms with E-state index in [1.165, 1.54) is 0 Å². The van der Waals surface area contributed by atoms with Crippen molar-refractivity contribution in [2.24, 2.45) is 0 Å². The summed E-state index contributed by atoms with van der Waals surface area (Å²) in [4.78, 5) is 11.9. The Labute approximate surface area is 105 Å². The van der Waals surface area contributed by atoms with Crippen molar-refractivity contribution in [2.45, 2.75) is 0 Å². The molecule has 0 aliphatic heterocycles. The van der Waals surface area contributed by atoms with Gasteiger partial charge in [-0.1, -0.05) is 36.4 Å². The summed E-state index contributed by atoms with van der Waals surface area (Å²) >= 11 is 0. The van der Waals surface area contributed by atoms with Crippen molar-refractivity contribution >= 4 is 24.2 Å². The van der Waals surface area contributed by atoms with Crippen molar-refractivity contribution < 1.29 is 14.8 Å². The lowest BCUT2D eigenvalue weighted by atomic mass is 9.79. The molecule has 4 nitrogen and oxygen atoms in total. The average molecular weight is 241 g/mol. The molecule has 0 radical (unpaired) electrons. The second-order valence-corrected chi connectivity index (χ2v) is 3.78. The smallest absolute Gasteiger partial charge is 0.423 e. The molecule has 0 aromatic heterocycles. The molecule has 0 fully saturated rings. The number of nitrogens with one attached hydrogen (secondary N) is 1. The van der Waals surface area contributed by atoms with Gasteiger partial charge in [-0.15, -0.1) is 0 Å². The van der Waals surface area contributed by atoms with E-state index < -0.39 is 7.12 Å². The molecule has 3 N–H and O–H groups in total. The van der Waals surface area contributed by atoms with E-state index in [-0.39, 0.29) is 11.4 Å². The van der Waals surface area contributed by atoms with E-state index in [2.05, 4.69) is 5.32 Å². The Morgan fingerprint density at radius 1 is 0.944 bits per heavy atom.